The van der Waals surface area contributed by atoms with Gasteiger partial charge in [-0.15, -0.1) is 0 Å². The van der Waals surface area contributed by atoms with E-state index < -0.39 is 0 Å². The van der Waals surface area contributed by atoms with E-state index >= 15 is 0 Å². The SMILES string of the molecule is Cc1cccc(C(=O)NCc2cn3ccccc3n2)n1. The first-order chi connectivity index (χ1) is 9.72. The number of nitrogens with zero attached hydrogens (tertiary/aromatic N) is 3. The van der Waals surface area contributed by atoms with Crippen molar-refractivity contribution in [3.05, 3.63) is 65.9 Å². The fourth-order valence-corrected chi connectivity index (χ4v) is 2.00. The normalized spacial score (nSPS) is 10.7. The largest absolute Gasteiger partial charge is 0.345 e. The number of nitrogens with one attached hydrogen (secondary N) is 1. The summed E-state index contributed by atoms with van der Waals surface area (Å²) in [7, 11) is 0. The molecule has 0 aliphatic rings. The molecule has 0 saturated carbocycles. The maximum absolute atomic E-state index is 12.0. The second kappa shape index (κ2) is 5.13. The molecule has 0 radical (unpaired) electrons. The van der Waals surface area contributed by atoms with Crippen LogP contribution in [0.3, 0.4) is 0 Å². The minimum atomic E-state index is -0.189. The molecule has 0 aliphatic carbocycles. The van der Waals surface area contributed by atoms with Crippen molar-refractivity contribution in [2.24, 2.45) is 0 Å². The van der Waals surface area contributed by atoms with E-state index in [0.717, 1.165) is 17.0 Å². The summed E-state index contributed by atoms with van der Waals surface area (Å²) in [6, 6.07) is 11.2. The number of fused-ring (bicyclic) bond motifs is 1. The maximum atomic E-state index is 12.0. The third kappa shape index (κ3) is 2.51. The molecule has 0 atom stereocenters. The molecule has 5 nitrogen and oxygen atoms in total. The Bertz CT molecular complexity index is 730. The van der Waals surface area contributed by atoms with Crippen molar-refractivity contribution in [3.63, 3.8) is 0 Å². The van der Waals surface area contributed by atoms with E-state index in [1.807, 2.05) is 54.0 Å². The number of carbonyl (C=O) groups is 1. The zero-order chi connectivity index (χ0) is 13.9. The van der Waals surface area contributed by atoms with Gasteiger partial charge in [-0.1, -0.05) is 12.1 Å². The highest BCUT2D eigenvalue weighted by Crippen LogP contribution is 2.04. The number of hydrogen-bond donors (Lipinski definition) is 1. The monoisotopic (exact) mass is 266 g/mol. The highest BCUT2D eigenvalue weighted by molar-refractivity contribution is 5.92. The molecule has 0 fully saturated rings. The number of aromatic nitrogens is 3. The van der Waals surface area contributed by atoms with Crippen LogP contribution in [0.5, 0.6) is 0 Å². The fourth-order valence-electron chi connectivity index (χ4n) is 2.00. The molecule has 0 bridgehead atoms. The van der Waals surface area contributed by atoms with Crippen LogP contribution in [-0.2, 0) is 6.54 Å². The molecule has 0 unspecified atom stereocenters. The first-order valence-electron chi connectivity index (χ1n) is 6.37. The van der Waals surface area contributed by atoms with Gasteiger partial charge in [-0.25, -0.2) is 9.97 Å². The summed E-state index contributed by atoms with van der Waals surface area (Å²) in [6.45, 7) is 2.25. The first kappa shape index (κ1) is 12.3. The maximum Gasteiger partial charge on any atom is 0.270 e. The average Bonchev–Trinajstić information content (AvgIpc) is 2.87. The Kier molecular flexibility index (Phi) is 3.16. The molecule has 0 aromatic carbocycles. The molecule has 3 rings (SSSR count). The fraction of sp³-hybridized carbons (Fsp3) is 0.133. The molecular weight excluding hydrogens is 252 g/mol. The van der Waals surface area contributed by atoms with Gasteiger partial charge in [-0.3, -0.25) is 4.79 Å². The quantitative estimate of drug-likeness (QED) is 0.788. The number of hydrogen-bond acceptors (Lipinski definition) is 3. The van der Waals surface area contributed by atoms with Crippen LogP contribution in [0, 0.1) is 6.92 Å². The van der Waals surface area contributed by atoms with Crippen LogP contribution >= 0.6 is 0 Å². The minimum absolute atomic E-state index is 0.189. The van der Waals surface area contributed by atoms with Gasteiger partial charge in [0.2, 0.25) is 0 Å². The molecule has 3 aromatic heterocycles. The summed E-state index contributed by atoms with van der Waals surface area (Å²) in [5.41, 5.74) is 2.93. The van der Waals surface area contributed by atoms with Crippen molar-refractivity contribution in [2.45, 2.75) is 13.5 Å². The lowest BCUT2D eigenvalue weighted by Gasteiger charge is -2.02. The lowest BCUT2D eigenvalue weighted by atomic mass is 10.3. The van der Waals surface area contributed by atoms with Crippen molar-refractivity contribution in [3.8, 4) is 0 Å². The Morgan fingerprint density at radius 3 is 2.90 bits per heavy atom. The summed E-state index contributed by atoms with van der Waals surface area (Å²) in [5, 5.41) is 2.83. The van der Waals surface area contributed by atoms with Crippen molar-refractivity contribution in [1.29, 1.82) is 0 Å². The Labute approximate surface area is 116 Å². The van der Waals surface area contributed by atoms with Gasteiger partial charge in [0.05, 0.1) is 12.2 Å². The zero-order valence-electron chi connectivity index (χ0n) is 11.1. The highest BCUT2D eigenvalue weighted by atomic mass is 16.1. The van der Waals surface area contributed by atoms with Gasteiger partial charge in [0.1, 0.15) is 11.3 Å². The number of imidazole rings is 1. The average molecular weight is 266 g/mol. The van der Waals surface area contributed by atoms with E-state index in [0.29, 0.717) is 12.2 Å². The van der Waals surface area contributed by atoms with Crippen LogP contribution in [0.15, 0.2) is 48.8 Å². The number of pyridine rings is 2. The Hall–Kier alpha value is -2.69. The van der Waals surface area contributed by atoms with Crippen LogP contribution in [0.1, 0.15) is 21.9 Å². The van der Waals surface area contributed by atoms with E-state index in [2.05, 4.69) is 15.3 Å². The smallest absolute Gasteiger partial charge is 0.270 e. The standard InChI is InChI=1S/C15H14N4O/c1-11-5-4-6-13(17-11)15(20)16-9-12-10-19-8-3-2-7-14(19)18-12/h2-8,10H,9H2,1H3,(H,16,20). The Balaban J connectivity index is 1.71. The second-order valence-electron chi connectivity index (χ2n) is 4.55. The van der Waals surface area contributed by atoms with E-state index in [-0.39, 0.29) is 5.91 Å². The predicted octanol–water partition coefficient (Wildman–Crippen LogP) is 1.97. The van der Waals surface area contributed by atoms with Crippen LogP contribution in [0.25, 0.3) is 5.65 Å². The molecule has 0 spiro atoms. The second-order valence-corrected chi connectivity index (χ2v) is 4.55. The molecule has 5 heteroatoms. The number of carbonyl (C=O) groups excluding carboxylic acids is 1. The third-order valence-electron chi connectivity index (χ3n) is 2.96. The predicted molar refractivity (Wildman–Crippen MR) is 75.3 cm³/mol. The molecule has 0 aliphatic heterocycles. The number of rotatable bonds is 3. The summed E-state index contributed by atoms with van der Waals surface area (Å²) < 4.78 is 1.92. The molecule has 1 N–H and O–H groups in total. The van der Waals surface area contributed by atoms with Crippen LogP contribution < -0.4 is 5.32 Å². The summed E-state index contributed by atoms with van der Waals surface area (Å²) in [6.07, 6.45) is 3.83. The van der Waals surface area contributed by atoms with Gasteiger partial charge in [-0.05, 0) is 31.2 Å². The third-order valence-corrected chi connectivity index (χ3v) is 2.96. The van der Waals surface area contributed by atoms with Crippen LogP contribution in [0.2, 0.25) is 0 Å². The Morgan fingerprint density at radius 2 is 2.10 bits per heavy atom. The van der Waals surface area contributed by atoms with Gasteiger partial charge < -0.3 is 9.72 Å². The molecule has 1 amide bonds. The highest BCUT2D eigenvalue weighted by Gasteiger charge is 2.08. The van der Waals surface area contributed by atoms with Gasteiger partial charge >= 0.3 is 0 Å². The topological polar surface area (TPSA) is 59.3 Å². The number of aryl methyl sites for hydroxylation is 1. The van der Waals surface area contributed by atoms with Gasteiger partial charge in [0, 0.05) is 18.1 Å². The van der Waals surface area contributed by atoms with Crippen molar-refractivity contribution in [2.75, 3.05) is 0 Å². The minimum Gasteiger partial charge on any atom is -0.345 e. The molecule has 3 aromatic rings. The summed E-state index contributed by atoms with van der Waals surface area (Å²) >= 11 is 0. The zero-order valence-corrected chi connectivity index (χ0v) is 11.1. The molecule has 100 valence electrons. The molecular formula is C15H14N4O. The molecule has 20 heavy (non-hydrogen) atoms. The van der Waals surface area contributed by atoms with Gasteiger partial charge in [0.15, 0.2) is 0 Å². The van der Waals surface area contributed by atoms with Crippen LogP contribution in [0.4, 0.5) is 0 Å². The van der Waals surface area contributed by atoms with E-state index in [1.165, 1.54) is 0 Å². The van der Waals surface area contributed by atoms with Crippen molar-refractivity contribution < 1.29 is 4.79 Å². The van der Waals surface area contributed by atoms with Gasteiger partial charge in [0.25, 0.3) is 5.91 Å². The molecule has 3 heterocycles. The van der Waals surface area contributed by atoms with Crippen molar-refractivity contribution in [1.82, 2.24) is 19.7 Å². The molecule has 0 saturated heterocycles. The first-order valence-corrected chi connectivity index (χ1v) is 6.37. The van der Waals surface area contributed by atoms with E-state index in [9.17, 15) is 4.79 Å². The summed E-state index contributed by atoms with van der Waals surface area (Å²) in [4.78, 5) is 20.6. The Morgan fingerprint density at radius 1 is 1.20 bits per heavy atom. The summed E-state index contributed by atoms with van der Waals surface area (Å²) in [5.74, 6) is -0.189. The van der Waals surface area contributed by atoms with E-state index in [4.69, 9.17) is 0 Å². The lowest BCUT2D eigenvalue weighted by Crippen LogP contribution is -2.24. The lowest BCUT2D eigenvalue weighted by molar-refractivity contribution is 0.0945. The van der Waals surface area contributed by atoms with E-state index in [1.54, 1.807) is 6.07 Å². The van der Waals surface area contributed by atoms with Crippen molar-refractivity contribution >= 4 is 11.6 Å². The number of amides is 1. The van der Waals surface area contributed by atoms with Crippen LogP contribution in [-0.4, -0.2) is 20.3 Å². The van der Waals surface area contributed by atoms with Gasteiger partial charge in [-0.2, -0.15) is 0 Å².